The molecule has 0 aliphatic heterocycles. The highest BCUT2D eigenvalue weighted by Gasteiger charge is 2.23. The first-order chi connectivity index (χ1) is 9.56. The topological polar surface area (TPSA) is 84.2 Å². The third kappa shape index (κ3) is 4.05. The fourth-order valence-corrected chi connectivity index (χ4v) is 2.96. The first kappa shape index (κ1) is 15.0. The summed E-state index contributed by atoms with van der Waals surface area (Å²) in [5.74, 6) is -0.330. The van der Waals surface area contributed by atoms with Gasteiger partial charge in [-0.3, -0.25) is 9.59 Å². The van der Waals surface area contributed by atoms with E-state index in [2.05, 4.69) is 10.6 Å². The molecule has 20 heavy (non-hydrogen) atoms. The minimum absolute atomic E-state index is 0.129. The van der Waals surface area contributed by atoms with Crippen molar-refractivity contribution in [1.82, 2.24) is 10.6 Å². The lowest BCUT2D eigenvalue weighted by Gasteiger charge is -2.28. The largest absolute Gasteiger partial charge is 0.352 e. The van der Waals surface area contributed by atoms with Gasteiger partial charge in [0, 0.05) is 12.1 Å². The van der Waals surface area contributed by atoms with Crippen LogP contribution in [0.3, 0.4) is 0 Å². The van der Waals surface area contributed by atoms with Crippen molar-refractivity contribution < 1.29 is 9.59 Å². The van der Waals surface area contributed by atoms with Crippen molar-refractivity contribution in [3.63, 3.8) is 0 Å². The monoisotopic (exact) mass is 295 g/mol. The zero-order valence-corrected chi connectivity index (χ0v) is 12.4. The third-order valence-electron chi connectivity index (χ3n) is 3.60. The van der Waals surface area contributed by atoms with Gasteiger partial charge in [0.15, 0.2) is 0 Å². The molecule has 0 aromatic carbocycles. The van der Waals surface area contributed by atoms with Crippen molar-refractivity contribution in [2.24, 2.45) is 5.73 Å². The highest BCUT2D eigenvalue weighted by atomic mass is 32.1. The third-order valence-corrected chi connectivity index (χ3v) is 4.47. The van der Waals surface area contributed by atoms with Gasteiger partial charge < -0.3 is 16.4 Å². The molecule has 1 aliphatic carbocycles. The van der Waals surface area contributed by atoms with Crippen LogP contribution in [0.2, 0.25) is 0 Å². The fraction of sp³-hybridized carbons (Fsp3) is 0.571. The highest BCUT2D eigenvalue weighted by molar-refractivity contribution is 7.12. The molecule has 1 heterocycles. The van der Waals surface area contributed by atoms with Crippen LogP contribution in [0.1, 0.15) is 42.3 Å². The van der Waals surface area contributed by atoms with E-state index in [-0.39, 0.29) is 23.9 Å². The van der Waals surface area contributed by atoms with Gasteiger partial charge in [0.25, 0.3) is 5.91 Å². The summed E-state index contributed by atoms with van der Waals surface area (Å²) in [5, 5.41) is 7.54. The van der Waals surface area contributed by atoms with Crippen molar-refractivity contribution in [1.29, 1.82) is 0 Å². The van der Waals surface area contributed by atoms with Crippen molar-refractivity contribution >= 4 is 23.2 Å². The summed E-state index contributed by atoms with van der Waals surface area (Å²) in [6, 6.07) is 3.48. The van der Waals surface area contributed by atoms with Crippen LogP contribution in [0.5, 0.6) is 0 Å². The molecule has 2 amide bonds. The van der Waals surface area contributed by atoms with Crippen LogP contribution in [-0.2, 0) is 4.79 Å². The average Bonchev–Trinajstić information content (AvgIpc) is 2.95. The van der Waals surface area contributed by atoms with Gasteiger partial charge in [0.05, 0.1) is 4.88 Å². The minimum atomic E-state index is -0.528. The van der Waals surface area contributed by atoms with Gasteiger partial charge in [0.2, 0.25) is 5.91 Å². The number of amides is 2. The molecule has 6 heteroatoms. The predicted octanol–water partition coefficient (Wildman–Crippen LogP) is 1.25. The van der Waals surface area contributed by atoms with E-state index in [1.54, 1.807) is 13.0 Å². The quantitative estimate of drug-likeness (QED) is 0.781. The highest BCUT2D eigenvalue weighted by Crippen LogP contribution is 2.17. The Morgan fingerprint density at radius 2 is 2.05 bits per heavy atom. The minimum Gasteiger partial charge on any atom is -0.352 e. The first-order valence-corrected chi connectivity index (χ1v) is 7.84. The van der Waals surface area contributed by atoms with E-state index in [1.165, 1.54) is 11.3 Å². The normalized spacial score (nSPS) is 23.9. The molecule has 1 aromatic heterocycles. The number of nitrogens with two attached hydrogens (primary N) is 1. The molecular weight excluding hydrogens is 274 g/mol. The Morgan fingerprint density at radius 3 is 2.65 bits per heavy atom. The molecular formula is C14H21N3O2S. The number of nitrogens with one attached hydrogen (secondary N) is 2. The van der Waals surface area contributed by atoms with Crippen LogP contribution in [0, 0.1) is 0 Å². The van der Waals surface area contributed by atoms with Gasteiger partial charge in [-0.1, -0.05) is 6.07 Å². The molecule has 0 saturated heterocycles. The molecule has 1 aromatic rings. The van der Waals surface area contributed by atoms with Gasteiger partial charge in [-0.2, -0.15) is 0 Å². The van der Waals surface area contributed by atoms with Crippen LogP contribution in [0.4, 0.5) is 0 Å². The zero-order chi connectivity index (χ0) is 14.5. The van der Waals surface area contributed by atoms with Crippen LogP contribution in [0.15, 0.2) is 17.5 Å². The summed E-state index contributed by atoms with van der Waals surface area (Å²) < 4.78 is 0. The Balaban J connectivity index is 1.78. The van der Waals surface area contributed by atoms with Crippen LogP contribution < -0.4 is 16.4 Å². The van der Waals surface area contributed by atoms with E-state index < -0.39 is 6.04 Å². The number of hydrogen-bond donors (Lipinski definition) is 3. The lowest BCUT2D eigenvalue weighted by molar-refractivity contribution is -0.123. The second-order valence-electron chi connectivity index (χ2n) is 5.29. The Kier molecular flexibility index (Phi) is 5.14. The molecule has 0 bridgehead atoms. The Bertz CT molecular complexity index is 453. The van der Waals surface area contributed by atoms with Crippen molar-refractivity contribution in [3.8, 4) is 0 Å². The summed E-state index contributed by atoms with van der Waals surface area (Å²) in [6.45, 7) is 1.70. The molecule has 1 atom stereocenters. The van der Waals surface area contributed by atoms with Gasteiger partial charge in [0.1, 0.15) is 6.04 Å². The van der Waals surface area contributed by atoms with Crippen molar-refractivity contribution in [3.05, 3.63) is 22.4 Å². The Labute approximate surface area is 122 Å². The summed E-state index contributed by atoms with van der Waals surface area (Å²) in [6.07, 6.45) is 3.72. The summed E-state index contributed by atoms with van der Waals surface area (Å²) in [5.41, 5.74) is 5.84. The van der Waals surface area contributed by atoms with E-state index in [4.69, 9.17) is 5.73 Å². The summed E-state index contributed by atoms with van der Waals surface area (Å²) in [4.78, 5) is 24.5. The number of hydrogen-bond acceptors (Lipinski definition) is 4. The first-order valence-electron chi connectivity index (χ1n) is 6.96. The molecule has 1 aliphatic rings. The number of carbonyl (C=O) groups is 2. The maximum Gasteiger partial charge on any atom is 0.261 e. The van der Waals surface area contributed by atoms with Crippen LogP contribution in [0.25, 0.3) is 0 Å². The number of rotatable bonds is 4. The maximum atomic E-state index is 12.0. The second-order valence-corrected chi connectivity index (χ2v) is 6.24. The Morgan fingerprint density at radius 1 is 1.35 bits per heavy atom. The van der Waals surface area contributed by atoms with Gasteiger partial charge in [-0.15, -0.1) is 11.3 Å². The molecule has 0 spiro atoms. The SMILES string of the molecule is CC(NC(=O)c1cccs1)C(=O)NC1CCC(N)CC1. The van der Waals surface area contributed by atoms with Gasteiger partial charge >= 0.3 is 0 Å². The fourth-order valence-electron chi connectivity index (χ4n) is 2.33. The second kappa shape index (κ2) is 6.85. The predicted molar refractivity (Wildman–Crippen MR) is 79.6 cm³/mol. The van der Waals surface area contributed by atoms with E-state index >= 15 is 0 Å². The molecule has 5 nitrogen and oxygen atoms in total. The molecule has 0 radical (unpaired) electrons. The van der Waals surface area contributed by atoms with E-state index in [0.717, 1.165) is 25.7 Å². The van der Waals surface area contributed by atoms with Crippen LogP contribution in [-0.4, -0.2) is 29.9 Å². The van der Waals surface area contributed by atoms with Crippen molar-refractivity contribution in [2.75, 3.05) is 0 Å². The standard InChI is InChI=1S/C14H21N3O2S/c1-9(16-14(19)12-3-2-8-20-12)13(18)17-11-6-4-10(15)5-7-11/h2-3,8-11H,4-7,15H2,1H3,(H,16,19)(H,17,18). The number of thiophene rings is 1. The molecule has 110 valence electrons. The van der Waals surface area contributed by atoms with E-state index in [9.17, 15) is 9.59 Å². The number of carbonyl (C=O) groups excluding carboxylic acids is 2. The van der Waals surface area contributed by atoms with E-state index in [0.29, 0.717) is 4.88 Å². The smallest absolute Gasteiger partial charge is 0.261 e. The molecule has 1 unspecified atom stereocenters. The molecule has 1 fully saturated rings. The van der Waals surface area contributed by atoms with Crippen molar-refractivity contribution in [2.45, 2.75) is 50.7 Å². The lowest BCUT2D eigenvalue weighted by Crippen LogP contribution is -2.49. The molecule has 2 rings (SSSR count). The average molecular weight is 295 g/mol. The van der Waals surface area contributed by atoms with Gasteiger partial charge in [-0.05, 0) is 44.1 Å². The maximum absolute atomic E-state index is 12.0. The summed E-state index contributed by atoms with van der Waals surface area (Å²) >= 11 is 1.36. The van der Waals surface area contributed by atoms with E-state index in [1.807, 2.05) is 11.4 Å². The lowest BCUT2D eigenvalue weighted by atomic mass is 9.91. The van der Waals surface area contributed by atoms with Gasteiger partial charge in [-0.25, -0.2) is 0 Å². The molecule has 1 saturated carbocycles. The zero-order valence-electron chi connectivity index (χ0n) is 11.6. The molecule has 4 N–H and O–H groups in total. The van der Waals surface area contributed by atoms with Crippen LogP contribution >= 0.6 is 11.3 Å². The Hall–Kier alpha value is -1.40. The summed E-state index contributed by atoms with van der Waals surface area (Å²) in [7, 11) is 0.